The van der Waals surface area contributed by atoms with Crippen LogP contribution in [0, 0.1) is 0 Å². The molecule has 0 radical (unpaired) electrons. The average Bonchev–Trinajstić information content (AvgIpc) is 2.64. The van der Waals surface area contributed by atoms with Crippen molar-refractivity contribution in [1.29, 1.82) is 0 Å². The first kappa shape index (κ1) is 13.8. The van der Waals surface area contributed by atoms with E-state index in [0.717, 1.165) is 16.2 Å². The van der Waals surface area contributed by atoms with Crippen molar-refractivity contribution in [3.8, 4) is 0 Å². The smallest absolute Gasteiger partial charge is 0.454 e. The molecule has 1 heterocycles. The lowest BCUT2D eigenvalue weighted by molar-refractivity contribution is -0.165. The number of rotatable bonds is 3. The lowest BCUT2D eigenvalue weighted by atomic mass is 10.2. The highest BCUT2D eigenvalue weighted by Crippen LogP contribution is 2.28. The van der Waals surface area contributed by atoms with E-state index in [0.29, 0.717) is 0 Å². The van der Waals surface area contributed by atoms with Gasteiger partial charge in [0.15, 0.2) is 0 Å². The zero-order valence-corrected chi connectivity index (χ0v) is 10.0. The van der Waals surface area contributed by atoms with Crippen LogP contribution in [0.4, 0.5) is 13.2 Å². The molecule has 1 N–H and O–H groups in total. The van der Waals surface area contributed by atoms with E-state index < -0.39 is 17.7 Å². The number of aliphatic hydroxyl groups is 1. The van der Waals surface area contributed by atoms with Crippen LogP contribution in [0.1, 0.15) is 29.5 Å². The van der Waals surface area contributed by atoms with E-state index in [9.17, 15) is 23.1 Å². The molecule has 0 bridgehead atoms. The quantitative estimate of drug-likeness (QED) is 0.664. The van der Waals surface area contributed by atoms with Crippen LogP contribution < -0.4 is 0 Å². The third-order valence-corrected chi connectivity index (χ3v) is 3.40. The van der Waals surface area contributed by atoms with Crippen LogP contribution in [0.25, 0.3) is 5.76 Å². The van der Waals surface area contributed by atoms with Crippen LogP contribution in [0.2, 0.25) is 0 Å². The lowest BCUT2D eigenvalue weighted by Gasteiger charge is -2.01. The molecule has 0 aliphatic rings. The number of aliphatic hydroxyl groups excluding tert-OH is 1. The number of hydrogen-bond acceptors (Lipinski definition) is 3. The SMILES string of the molecule is CC(C)c1ccc(C(O)=CC(=O)C(F)(F)F)s1. The summed E-state index contributed by atoms with van der Waals surface area (Å²) in [5, 5.41) is 9.40. The minimum absolute atomic E-state index is 0.204. The van der Waals surface area contributed by atoms with Crippen LogP contribution >= 0.6 is 11.3 Å². The molecule has 0 atom stereocenters. The Morgan fingerprint density at radius 1 is 1.41 bits per heavy atom. The summed E-state index contributed by atoms with van der Waals surface area (Å²) < 4.78 is 35.9. The number of ketones is 1. The number of hydrogen-bond donors (Lipinski definition) is 1. The van der Waals surface area contributed by atoms with Crippen LogP contribution in [-0.4, -0.2) is 17.1 Å². The molecule has 0 aromatic carbocycles. The Balaban J connectivity index is 2.92. The predicted octanol–water partition coefficient (Wildman–Crippen LogP) is 3.90. The first-order chi connectivity index (χ1) is 7.71. The summed E-state index contributed by atoms with van der Waals surface area (Å²) in [5.41, 5.74) is 0. The van der Waals surface area contributed by atoms with E-state index in [4.69, 9.17) is 0 Å². The van der Waals surface area contributed by atoms with Crippen molar-refractivity contribution in [1.82, 2.24) is 0 Å². The summed E-state index contributed by atoms with van der Waals surface area (Å²) in [6.07, 6.45) is -4.75. The predicted molar refractivity (Wildman–Crippen MR) is 60.1 cm³/mol. The van der Waals surface area contributed by atoms with Crippen molar-refractivity contribution in [3.63, 3.8) is 0 Å². The van der Waals surface area contributed by atoms with Gasteiger partial charge in [0.25, 0.3) is 5.78 Å². The molecule has 1 aromatic heterocycles. The maximum atomic E-state index is 12.0. The molecular formula is C11H11F3O2S. The molecule has 2 nitrogen and oxygen atoms in total. The molecule has 0 aliphatic heterocycles. The highest BCUT2D eigenvalue weighted by Gasteiger charge is 2.37. The maximum Gasteiger partial charge on any atom is 0.454 e. The van der Waals surface area contributed by atoms with Gasteiger partial charge in [0.1, 0.15) is 5.76 Å². The second-order valence-corrected chi connectivity index (χ2v) is 4.86. The molecule has 0 spiro atoms. The Kier molecular flexibility index (Phi) is 3.98. The fraction of sp³-hybridized carbons (Fsp3) is 0.364. The molecule has 0 unspecified atom stereocenters. The molecule has 0 fully saturated rings. The molecular weight excluding hydrogens is 253 g/mol. The molecule has 0 saturated heterocycles. The van der Waals surface area contributed by atoms with E-state index in [1.807, 2.05) is 13.8 Å². The van der Waals surface area contributed by atoms with Crippen LogP contribution in [0.5, 0.6) is 0 Å². The molecule has 1 rings (SSSR count). The number of carbonyl (C=O) groups excluding carboxylic acids is 1. The summed E-state index contributed by atoms with van der Waals surface area (Å²) in [6, 6.07) is 3.21. The molecule has 1 aromatic rings. The van der Waals surface area contributed by atoms with Crippen molar-refractivity contribution in [2.45, 2.75) is 25.9 Å². The van der Waals surface area contributed by atoms with Gasteiger partial charge < -0.3 is 5.11 Å². The summed E-state index contributed by atoms with van der Waals surface area (Å²) in [6.45, 7) is 3.86. The number of thiophene rings is 1. The number of carbonyl (C=O) groups is 1. The average molecular weight is 264 g/mol. The topological polar surface area (TPSA) is 37.3 Å². The summed E-state index contributed by atoms with van der Waals surface area (Å²) in [7, 11) is 0. The van der Waals surface area contributed by atoms with E-state index in [2.05, 4.69) is 0 Å². The summed E-state index contributed by atoms with van der Waals surface area (Å²) in [4.78, 5) is 11.8. The Morgan fingerprint density at radius 3 is 2.41 bits per heavy atom. The third kappa shape index (κ3) is 3.59. The first-order valence-electron chi connectivity index (χ1n) is 4.83. The second kappa shape index (κ2) is 4.91. The van der Waals surface area contributed by atoms with Crippen molar-refractivity contribution >= 4 is 22.9 Å². The van der Waals surface area contributed by atoms with Gasteiger partial charge in [-0.25, -0.2) is 0 Å². The largest absolute Gasteiger partial charge is 0.506 e. The van der Waals surface area contributed by atoms with Gasteiger partial charge in [-0.1, -0.05) is 13.8 Å². The third-order valence-electron chi connectivity index (χ3n) is 2.00. The minimum Gasteiger partial charge on any atom is -0.506 e. The number of halogens is 3. The van der Waals surface area contributed by atoms with E-state index in [1.165, 1.54) is 6.07 Å². The second-order valence-electron chi connectivity index (χ2n) is 3.75. The first-order valence-corrected chi connectivity index (χ1v) is 5.65. The van der Waals surface area contributed by atoms with E-state index in [1.54, 1.807) is 6.07 Å². The zero-order valence-electron chi connectivity index (χ0n) is 9.21. The highest BCUT2D eigenvalue weighted by atomic mass is 32.1. The van der Waals surface area contributed by atoms with Gasteiger partial charge in [0.05, 0.1) is 4.88 Å². The van der Waals surface area contributed by atoms with Crippen molar-refractivity contribution in [3.05, 3.63) is 28.0 Å². The van der Waals surface area contributed by atoms with Crippen LogP contribution in [-0.2, 0) is 4.79 Å². The molecule has 6 heteroatoms. The fourth-order valence-corrected chi connectivity index (χ4v) is 2.00. The maximum absolute atomic E-state index is 12.0. The van der Waals surface area contributed by atoms with Crippen molar-refractivity contribution in [2.24, 2.45) is 0 Å². The van der Waals surface area contributed by atoms with Gasteiger partial charge >= 0.3 is 6.18 Å². The Bertz CT molecular complexity index is 444. The monoisotopic (exact) mass is 264 g/mol. The molecule has 94 valence electrons. The van der Waals surface area contributed by atoms with E-state index >= 15 is 0 Å². The summed E-state index contributed by atoms with van der Waals surface area (Å²) in [5.74, 6) is -2.49. The van der Waals surface area contributed by atoms with Gasteiger partial charge in [-0.15, -0.1) is 11.3 Å². The van der Waals surface area contributed by atoms with Gasteiger partial charge in [0, 0.05) is 11.0 Å². The Morgan fingerprint density at radius 2 is 2.00 bits per heavy atom. The Labute approximate surface area is 100 Å². The van der Waals surface area contributed by atoms with Gasteiger partial charge in [-0.2, -0.15) is 13.2 Å². The van der Waals surface area contributed by atoms with Crippen LogP contribution in [0.3, 0.4) is 0 Å². The fourth-order valence-electron chi connectivity index (χ4n) is 1.08. The highest BCUT2D eigenvalue weighted by molar-refractivity contribution is 7.13. The van der Waals surface area contributed by atoms with Gasteiger partial charge in [0.2, 0.25) is 0 Å². The Hall–Kier alpha value is -1.30. The van der Waals surface area contributed by atoms with Crippen molar-refractivity contribution in [2.75, 3.05) is 0 Å². The van der Waals surface area contributed by atoms with Crippen molar-refractivity contribution < 1.29 is 23.1 Å². The lowest BCUT2D eigenvalue weighted by Crippen LogP contribution is -2.20. The minimum atomic E-state index is -4.95. The molecule has 0 saturated carbocycles. The van der Waals surface area contributed by atoms with Crippen LogP contribution in [0.15, 0.2) is 18.2 Å². The molecule has 17 heavy (non-hydrogen) atoms. The zero-order chi connectivity index (χ0) is 13.2. The normalized spacial score (nSPS) is 13.2. The standard InChI is InChI=1S/C11H11F3O2S/c1-6(2)8-3-4-9(17-8)7(15)5-10(16)11(12,13)14/h3-6,15H,1-2H3. The summed E-state index contributed by atoms with van der Waals surface area (Å²) >= 11 is 1.16. The van der Waals surface area contributed by atoms with Gasteiger partial charge in [-0.05, 0) is 18.1 Å². The molecule has 0 aliphatic carbocycles. The molecule has 0 amide bonds. The van der Waals surface area contributed by atoms with Gasteiger partial charge in [-0.3, -0.25) is 4.79 Å². The number of allylic oxidation sites excluding steroid dienone is 1. The van der Waals surface area contributed by atoms with E-state index in [-0.39, 0.29) is 16.9 Å². The number of alkyl halides is 3.